The Hall–Kier alpha value is -2.62. The Bertz CT molecular complexity index is 748. The van der Waals surface area contributed by atoms with Crippen LogP contribution in [0.25, 0.3) is 10.9 Å². The molecule has 0 aliphatic rings. The molecular formula is C16H14N2O2. The Morgan fingerprint density at radius 2 is 1.75 bits per heavy atom. The fraction of sp³-hybridized carbons (Fsp3) is 0.125. The van der Waals surface area contributed by atoms with Gasteiger partial charge in [-0.15, -0.1) is 0 Å². The molecule has 4 nitrogen and oxygen atoms in total. The summed E-state index contributed by atoms with van der Waals surface area (Å²) in [5.74, 6) is -0.986. The molecule has 0 unspecified atom stereocenters. The van der Waals surface area contributed by atoms with Gasteiger partial charge in [0.1, 0.15) is 0 Å². The maximum Gasteiger partial charge on any atom is 0.357 e. The van der Waals surface area contributed by atoms with Crippen LogP contribution < -0.4 is 0 Å². The van der Waals surface area contributed by atoms with Crippen LogP contribution in [-0.4, -0.2) is 20.9 Å². The van der Waals surface area contributed by atoms with Crippen LogP contribution in [0.4, 0.5) is 0 Å². The topological polar surface area (TPSA) is 55.1 Å². The van der Waals surface area contributed by atoms with Gasteiger partial charge < -0.3 is 5.11 Å². The van der Waals surface area contributed by atoms with Gasteiger partial charge in [0, 0.05) is 11.9 Å². The highest BCUT2D eigenvalue weighted by atomic mass is 16.4. The summed E-state index contributed by atoms with van der Waals surface area (Å²) >= 11 is 0. The molecule has 0 amide bonds. The van der Waals surface area contributed by atoms with Crippen LogP contribution in [0.5, 0.6) is 0 Å². The van der Waals surface area contributed by atoms with E-state index in [0.29, 0.717) is 11.9 Å². The molecule has 0 aliphatic heterocycles. The summed E-state index contributed by atoms with van der Waals surface area (Å²) in [5, 5.41) is 14.1. The monoisotopic (exact) mass is 266 g/mol. The maximum absolute atomic E-state index is 11.2. The number of aryl methyl sites for hydroxylation is 2. The Morgan fingerprint density at radius 1 is 1.05 bits per heavy atom. The van der Waals surface area contributed by atoms with Crippen LogP contribution in [0.2, 0.25) is 0 Å². The summed E-state index contributed by atoms with van der Waals surface area (Å²) in [6, 6.07) is 17.5. The van der Waals surface area contributed by atoms with Crippen LogP contribution >= 0.6 is 0 Å². The van der Waals surface area contributed by atoms with E-state index in [-0.39, 0.29) is 5.69 Å². The number of carbonyl (C=O) groups is 1. The van der Waals surface area contributed by atoms with E-state index in [0.717, 1.165) is 11.9 Å². The van der Waals surface area contributed by atoms with Crippen LogP contribution in [0.3, 0.4) is 0 Å². The first-order valence-electron chi connectivity index (χ1n) is 6.48. The summed E-state index contributed by atoms with van der Waals surface area (Å²) < 4.78 is 1.77. The molecular weight excluding hydrogens is 252 g/mol. The van der Waals surface area contributed by atoms with Gasteiger partial charge in [-0.3, -0.25) is 4.68 Å². The molecule has 3 rings (SSSR count). The Balaban J connectivity index is 1.94. The standard InChI is InChI=1S/C16H14N2O2/c19-16(20)15-13-8-4-5-9-14(13)18(17-15)11-10-12-6-2-1-3-7-12/h1-9H,10-11H2,(H,19,20). The quantitative estimate of drug-likeness (QED) is 0.789. The van der Waals surface area contributed by atoms with Crippen molar-refractivity contribution in [2.75, 3.05) is 0 Å². The average molecular weight is 266 g/mol. The molecule has 3 aromatic rings. The summed E-state index contributed by atoms with van der Waals surface area (Å²) in [4.78, 5) is 11.2. The largest absolute Gasteiger partial charge is 0.476 e. The predicted molar refractivity (Wildman–Crippen MR) is 76.8 cm³/mol. The van der Waals surface area contributed by atoms with E-state index < -0.39 is 5.97 Å². The zero-order chi connectivity index (χ0) is 13.9. The van der Waals surface area contributed by atoms with Gasteiger partial charge in [-0.05, 0) is 18.1 Å². The van der Waals surface area contributed by atoms with E-state index in [4.69, 9.17) is 0 Å². The van der Waals surface area contributed by atoms with E-state index in [1.165, 1.54) is 5.56 Å². The van der Waals surface area contributed by atoms with Crippen molar-refractivity contribution in [3.63, 3.8) is 0 Å². The number of fused-ring (bicyclic) bond motifs is 1. The van der Waals surface area contributed by atoms with E-state index in [2.05, 4.69) is 17.2 Å². The smallest absolute Gasteiger partial charge is 0.357 e. The highest BCUT2D eigenvalue weighted by Gasteiger charge is 2.15. The predicted octanol–water partition coefficient (Wildman–Crippen LogP) is 2.98. The van der Waals surface area contributed by atoms with Crippen molar-refractivity contribution in [2.45, 2.75) is 13.0 Å². The highest BCUT2D eigenvalue weighted by molar-refractivity contribution is 6.01. The molecule has 0 spiro atoms. The molecule has 2 aromatic carbocycles. The molecule has 1 heterocycles. The SMILES string of the molecule is O=C(O)c1nn(CCc2ccccc2)c2ccccc12. The minimum absolute atomic E-state index is 0.119. The van der Waals surface area contributed by atoms with Gasteiger partial charge in [0.25, 0.3) is 0 Å². The van der Waals surface area contributed by atoms with E-state index in [1.54, 1.807) is 10.7 Å². The number of aromatic carboxylic acids is 1. The lowest BCUT2D eigenvalue weighted by Crippen LogP contribution is -2.05. The number of hydrogen-bond acceptors (Lipinski definition) is 2. The second kappa shape index (κ2) is 5.17. The summed E-state index contributed by atoms with van der Waals surface area (Å²) in [7, 11) is 0. The molecule has 0 saturated carbocycles. The lowest BCUT2D eigenvalue weighted by Gasteiger charge is -2.03. The van der Waals surface area contributed by atoms with Gasteiger partial charge in [0.2, 0.25) is 0 Å². The van der Waals surface area contributed by atoms with Crippen molar-refractivity contribution >= 4 is 16.9 Å². The van der Waals surface area contributed by atoms with Gasteiger partial charge >= 0.3 is 5.97 Å². The summed E-state index contributed by atoms with van der Waals surface area (Å²) in [6.07, 6.45) is 0.825. The number of nitrogens with zero attached hydrogens (tertiary/aromatic N) is 2. The maximum atomic E-state index is 11.2. The van der Waals surface area contributed by atoms with E-state index >= 15 is 0 Å². The van der Waals surface area contributed by atoms with Crippen molar-refractivity contribution in [1.29, 1.82) is 0 Å². The Labute approximate surface area is 116 Å². The second-order valence-electron chi connectivity index (χ2n) is 4.63. The third kappa shape index (κ3) is 2.28. The fourth-order valence-electron chi connectivity index (χ4n) is 2.34. The van der Waals surface area contributed by atoms with Gasteiger partial charge in [0.15, 0.2) is 5.69 Å². The van der Waals surface area contributed by atoms with Gasteiger partial charge in [-0.1, -0.05) is 48.5 Å². The minimum Gasteiger partial charge on any atom is -0.476 e. The fourth-order valence-corrected chi connectivity index (χ4v) is 2.34. The Morgan fingerprint density at radius 3 is 2.50 bits per heavy atom. The first-order valence-corrected chi connectivity index (χ1v) is 6.48. The van der Waals surface area contributed by atoms with E-state index in [9.17, 15) is 9.90 Å². The van der Waals surface area contributed by atoms with Crippen LogP contribution in [0, 0.1) is 0 Å². The number of carboxylic acid groups (broad SMARTS) is 1. The van der Waals surface area contributed by atoms with Gasteiger partial charge in [-0.25, -0.2) is 4.79 Å². The van der Waals surface area contributed by atoms with Crippen molar-refractivity contribution in [3.05, 3.63) is 65.9 Å². The molecule has 0 saturated heterocycles. The summed E-state index contributed by atoms with van der Waals surface area (Å²) in [5.41, 5.74) is 2.19. The normalized spacial score (nSPS) is 10.8. The zero-order valence-corrected chi connectivity index (χ0v) is 10.9. The minimum atomic E-state index is -0.986. The number of aromatic nitrogens is 2. The molecule has 0 radical (unpaired) electrons. The van der Waals surface area contributed by atoms with Crippen molar-refractivity contribution < 1.29 is 9.90 Å². The van der Waals surface area contributed by atoms with Crippen molar-refractivity contribution in [2.24, 2.45) is 0 Å². The number of para-hydroxylation sites is 1. The number of hydrogen-bond donors (Lipinski definition) is 1. The van der Waals surface area contributed by atoms with Gasteiger partial charge in [0.05, 0.1) is 5.52 Å². The van der Waals surface area contributed by atoms with Crippen molar-refractivity contribution in [1.82, 2.24) is 9.78 Å². The molecule has 1 aromatic heterocycles. The average Bonchev–Trinajstić information content (AvgIpc) is 2.85. The van der Waals surface area contributed by atoms with Crippen molar-refractivity contribution in [3.8, 4) is 0 Å². The molecule has 100 valence electrons. The zero-order valence-electron chi connectivity index (χ0n) is 10.9. The first-order chi connectivity index (χ1) is 9.75. The lowest BCUT2D eigenvalue weighted by atomic mass is 10.1. The number of carboxylic acids is 1. The lowest BCUT2D eigenvalue weighted by molar-refractivity contribution is 0.0691. The molecule has 4 heteroatoms. The van der Waals surface area contributed by atoms with Crippen LogP contribution in [0.1, 0.15) is 16.1 Å². The third-order valence-corrected chi connectivity index (χ3v) is 3.32. The molecule has 20 heavy (non-hydrogen) atoms. The third-order valence-electron chi connectivity index (χ3n) is 3.32. The molecule has 1 N–H and O–H groups in total. The second-order valence-corrected chi connectivity index (χ2v) is 4.63. The van der Waals surface area contributed by atoms with Crippen LogP contribution in [-0.2, 0) is 13.0 Å². The molecule has 0 atom stereocenters. The molecule has 0 fully saturated rings. The highest BCUT2D eigenvalue weighted by Crippen LogP contribution is 2.18. The van der Waals surface area contributed by atoms with E-state index in [1.807, 2.05) is 36.4 Å². The number of rotatable bonds is 4. The van der Waals surface area contributed by atoms with Gasteiger partial charge in [-0.2, -0.15) is 5.10 Å². The molecule has 0 aliphatic carbocycles. The number of benzene rings is 2. The Kier molecular flexibility index (Phi) is 3.21. The molecule has 0 bridgehead atoms. The summed E-state index contributed by atoms with van der Waals surface area (Å²) in [6.45, 7) is 0.664. The first kappa shape index (κ1) is 12.4. The van der Waals surface area contributed by atoms with Crippen LogP contribution in [0.15, 0.2) is 54.6 Å².